The summed E-state index contributed by atoms with van der Waals surface area (Å²) in [6, 6.07) is 1.09. The van der Waals surface area contributed by atoms with Gasteiger partial charge in [0.25, 0.3) is 5.91 Å². The summed E-state index contributed by atoms with van der Waals surface area (Å²) in [5.74, 6) is -1.04. The van der Waals surface area contributed by atoms with Crippen LogP contribution in [0.3, 0.4) is 0 Å². The molecule has 0 fully saturated rings. The predicted octanol–water partition coefficient (Wildman–Crippen LogP) is 2.54. The first-order chi connectivity index (χ1) is 8.45. The van der Waals surface area contributed by atoms with Crippen LogP contribution in [0.2, 0.25) is 0 Å². The van der Waals surface area contributed by atoms with Gasteiger partial charge in [-0.25, -0.2) is 4.79 Å². The van der Waals surface area contributed by atoms with Gasteiger partial charge in [-0.1, -0.05) is 20.8 Å². The number of amides is 1. The van der Waals surface area contributed by atoms with Crippen molar-refractivity contribution in [2.24, 2.45) is 5.92 Å². The second kappa shape index (κ2) is 6.54. The van der Waals surface area contributed by atoms with Gasteiger partial charge in [0.05, 0.1) is 4.88 Å². The number of carbonyl (C=O) groups excluding carboxylic acids is 1. The largest absolute Gasteiger partial charge is 0.480 e. The maximum atomic E-state index is 12.0. The quantitative estimate of drug-likeness (QED) is 0.834. The van der Waals surface area contributed by atoms with Crippen molar-refractivity contribution in [2.45, 2.75) is 39.7 Å². The van der Waals surface area contributed by atoms with Crippen LogP contribution >= 0.6 is 11.3 Å². The summed E-state index contributed by atoms with van der Waals surface area (Å²) in [6.07, 6.45) is 1.21. The molecular weight excluding hydrogens is 250 g/mol. The molecule has 0 bridgehead atoms. The molecule has 0 saturated heterocycles. The van der Waals surface area contributed by atoms with Gasteiger partial charge in [0.1, 0.15) is 6.04 Å². The summed E-state index contributed by atoms with van der Waals surface area (Å²) in [7, 11) is 0. The molecular formula is C13H19NO3S. The Hall–Kier alpha value is -1.36. The van der Waals surface area contributed by atoms with E-state index >= 15 is 0 Å². The minimum Gasteiger partial charge on any atom is -0.480 e. The summed E-state index contributed by atoms with van der Waals surface area (Å²) in [6.45, 7) is 5.84. The lowest BCUT2D eigenvalue weighted by Crippen LogP contribution is -2.41. The van der Waals surface area contributed by atoms with Crippen molar-refractivity contribution in [3.63, 3.8) is 0 Å². The van der Waals surface area contributed by atoms with Crippen LogP contribution in [-0.4, -0.2) is 23.0 Å². The van der Waals surface area contributed by atoms with Gasteiger partial charge in [-0.2, -0.15) is 0 Å². The number of carboxylic acid groups (broad SMARTS) is 1. The van der Waals surface area contributed by atoms with Crippen LogP contribution in [0.1, 0.15) is 42.4 Å². The summed E-state index contributed by atoms with van der Waals surface area (Å²) >= 11 is 1.35. The Labute approximate surface area is 111 Å². The lowest BCUT2D eigenvalue weighted by atomic mass is 10.0. The normalized spacial score (nSPS) is 12.4. The predicted molar refractivity (Wildman–Crippen MR) is 72.0 cm³/mol. The highest BCUT2D eigenvalue weighted by molar-refractivity contribution is 7.12. The summed E-state index contributed by atoms with van der Waals surface area (Å²) in [4.78, 5) is 23.7. The van der Waals surface area contributed by atoms with Crippen LogP contribution in [0.4, 0.5) is 0 Å². The van der Waals surface area contributed by atoms with Crippen molar-refractivity contribution in [1.29, 1.82) is 0 Å². The van der Waals surface area contributed by atoms with Crippen LogP contribution in [-0.2, 0) is 11.2 Å². The van der Waals surface area contributed by atoms with Crippen molar-refractivity contribution in [3.05, 3.63) is 21.9 Å². The molecule has 1 amide bonds. The highest BCUT2D eigenvalue weighted by atomic mass is 32.1. The van der Waals surface area contributed by atoms with E-state index in [2.05, 4.69) is 5.32 Å². The van der Waals surface area contributed by atoms with Crippen LogP contribution in [0.25, 0.3) is 0 Å². The average Bonchev–Trinajstić information content (AvgIpc) is 2.75. The summed E-state index contributed by atoms with van der Waals surface area (Å²) in [5, 5.41) is 13.5. The molecule has 0 aliphatic rings. The summed E-state index contributed by atoms with van der Waals surface area (Å²) in [5.41, 5.74) is 0.964. The van der Waals surface area contributed by atoms with Crippen molar-refractivity contribution >= 4 is 23.2 Å². The van der Waals surface area contributed by atoms with Crippen LogP contribution in [0.15, 0.2) is 11.4 Å². The minimum atomic E-state index is -0.980. The van der Waals surface area contributed by atoms with Crippen molar-refractivity contribution < 1.29 is 14.7 Å². The second-order valence-corrected chi connectivity index (χ2v) is 5.54. The first-order valence-corrected chi connectivity index (χ1v) is 6.93. The van der Waals surface area contributed by atoms with Gasteiger partial charge in [0.15, 0.2) is 0 Å². The van der Waals surface area contributed by atoms with E-state index in [9.17, 15) is 9.59 Å². The molecule has 2 N–H and O–H groups in total. The number of carboxylic acids is 1. The van der Waals surface area contributed by atoms with Crippen molar-refractivity contribution in [1.82, 2.24) is 5.32 Å². The Kier molecular flexibility index (Phi) is 5.34. The molecule has 0 spiro atoms. The third kappa shape index (κ3) is 3.84. The van der Waals surface area contributed by atoms with E-state index in [-0.39, 0.29) is 11.8 Å². The molecule has 1 heterocycles. The number of thiophene rings is 1. The Bertz CT molecular complexity index is 426. The zero-order valence-corrected chi connectivity index (χ0v) is 11.7. The lowest BCUT2D eigenvalue weighted by Gasteiger charge is -2.16. The smallest absolute Gasteiger partial charge is 0.326 e. The fourth-order valence-corrected chi connectivity index (χ4v) is 2.63. The molecule has 0 saturated carbocycles. The maximum Gasteiger partial charge on any atom is 0.326 e. The van der Waals surface area contributed by atoms with Gasteiger partial charge in [-0.15, -0.1) is 11.3 Å². The second-order valence-electron chi connectivity index (χ2n) is 4.62. The Morgan fingerprint density at radius 3 is 2.61 bits per heavy atom. The van der Waals surface area contributed by atoms with E-state index in [1.165, 1.54) is 11.3 Å². The highest BCUT2D eigenvalue weighted by Crippen LogP contribution is 2.17. The average molecular weight is 269 g/mol. The molecule has 1 aromatic heterocycles. The summed E-state index contributed by atoms with van der Waals surface area (Å²) < 4.78 is 0. The zero-order valence-electron chi connectivity index (χ0n) is 10.9. The number of rotatable bonds is 6. The van der Waals surface area contributed by atoms with Crippen LogP contribution in [0.5, 0.6) is 0 Å². The Morgan fingerprint density at radius 1 is 1.44 bits per heavy atom. The van der Waals surface area contributed by atoms with Crippen molar-refractivity contribution in [3.8, 4) is 0 Å². The number of aryl methyl sites for hydroxylation is 1. The van der Waals surface area contributed by atoms with Gasteiger partial charge >= 0.3 is 5.97 Å². The van der Waals surface area contributed by atoms with E-state index < -0.39 is 12.0 Å². The molecule has 100 valence electrons. The molecule has 1 rings (SSSR count). The fraction of sp³-hybridized carbons (Fsp3) is 0.538. The van der Waals surface area contributed by atoms with E-state index in [0.717, 1.165) is 12.0 Å². The third-order valence-corrected chi connectivity index (χ3v) is 3.60. The molecule has 0 aliphatic heterocycles. The van der Waals surface area contributed by atoms with Gasteiger partial charge in [0.2, 0.25) is 0 Å². The van der Waals surface area contributed by atoms with E-state index in [0.29, 0.717) is 11.3 Å². The number of carbonyl (C=O) groups is 2. The van der Waals surface area contributed by atoms with Gasteiger partial charge in [0, 0.05) is 0 Å². The molecule has 0 radical (unpaired) electrons. The van der Waals surface area contributed by atoms with E-state index in [1.54, 1.807) is 0 Å². The standard InChI is InChI=1S/C13H19NO3S/c1-4-9-5-6-18-11(9)12(15)14-10(13(16)17)7-8(2)3/h5-6,8,10H,4,7H2,1-3H3,(H,14,15)(H,16,17). The monoisotopic (exact) mass is 269 g/mol. The molecule has 1 aromatic rings. The maximum absolute atomic E-state index is 12.0. The van der Waals surface area contributed by atoms with E-state index in [1.807, 2.05) is 32.2 Å². The topological polar surface area (TPSA) is 66.4 Å². The molecule has 1 atom stereocenters. The van der Waals surface area contributed by atoms with Gasteiger partial charge in [-0.05, 0) is 35.8 Å². The number of nitrogens with one attached hydrogen (secondary N) is 1. The number of hydrogen-bond acceptors (Lipinski definition) is 3. The molecule has 4 nitrogen and oxygen atoms in total. The number of aliphatic carboxylic acids is 1. The molecule has 5 heteroatoms. The van der Waals surface area contributed by atoms with Crippen LogP contribution < -0.4 is 5.32 Å². The molecule has 18 heavy (non-hydrogen) atoms. The first kappa shape index (κ1) is 14.7. The third-order valence-electron chi connectivity index (χ3n) is 2.64. The number of hydrogen-bond donors (Lipinski definition) is 2. The lowest BCUT2D eigenvalue weighted by molar-refractivity contribution is -0.139. The zero-order chi connectivity index (χ0) is 13.7. The van der Waals surface area contributed by atoms with Crippen molar-refractivity contribution in [2.75, 3.05) is 0 Å². The molecule has 1 unspecified atom stereocenters. The molecule has 0 aliphatic carbocycles. The molecule has 0 aromatic carbocycles. The first-order valence-electron chi connectivity index (χ1n) is 6.05. The minimum absolute atomic E-state index is 0.223. The van der Waals surface area contributed by atoms with Crippen LogP contribution in [0, 0.1) is 5.92 Å². The van der Waals surface area contributed by atoms with Gasteiger partial charge < -0.3 is 10.4 Å². The SMILES string of the molecule is CCc1ccsc1C(=O)NC(CC(C)C)C(=O)O. The Balaban J connectivity index is 2.75. The fourth-order valence-electron chi connectivity index (χ4n) is 1.73. The highest BCUT2D eigenvalue weighted by Gasteiger charge is 2.23. The van der Waals surface area contributed by atoms with Gasteiger partial charge in [-0.3, -0.25) is 4.79 Å². The van der Waals surface area contributed by atoms with E-state index in [4.69, 9.17) is 5.11 Å². The Morgan fingerprint density at radius 2 is 2.11 bits per heavy atom.